The second-order valence-electron chi connectivity index (χ2n) is 2.03. The SMILES string of the molecule is O=C(O)[Si]1CCCCO1. The highest BCUT2D eigenvalue weighted by Crippen LogP contribution is 2.10. The molecule has 0 atom stereocenters. The summed E-state index contributed by atoms with van der Waals surface area (Å²) in [5, 5.41) is 8.46. The molecule has 3 nitrogen and oxygen atoms in total. The van der Waals surface area contributed by atoms with E-state index in [4.69, 9.17) is 9.53 Å². The third-order valence-corrected chi connectivity index (χ3v) is 3.15. The molecule has 0 spiro atoms. The molecule has 0 unspecified atom stereocenters. The summed E-state index contributed by atoms with van der Waals surface area (Å²) in [6.07, 6.45) is 2.06. The van der Waals surface area contributed by atoms with Gasteiger partial charge in [0.25, 0.3) is 0 Å². The molecule has 0 aromatic carbocycles. The topological polar surface area (TPSA) is 46.5 Å². The van der Waals surface area contributed by atoms with Gasteiger partial charge in [-0.25, -0.2) is 0 Å². The van der Waals surface area contributed by atoms with Crippen molar-refractivity contribution < 1.29 is 14.3 Å². The number of carbonyl (C=O) groups is 1. The van der Waals surface area contributed by atoms with Crippen LogP contribution in [0.2, 0.25) is 6.04 Å². The molecular weight excluding hydrogens is 136 g/mol. The maximum atomic E-state index is 10.3. The van der Waals surface area contributed by atoms with Crippen molar-refractivity contribution in [1.29, 1.82) is 0 Å². The lowest BCUT2D eigenvalue weighted by molar-refractivity contribution is 0.204. The van der Waals surface area contributed by atoms with Gasteiger partial charge in [0.2, 0.25) is 0 Å². The van der Waals surface area contributed by atoms with Gasteiger partial charge in [-0.3, -0.25) is 4.79 Å². The average molecular weight is 145 g/mol. The molecule has 51 valence electrons. The van der Waals surface area contributed by atoms with Crippen molar-refractivity contribution in [2.24, 2.45) is 0 Å². The van der Waals surface area contributed by atoms with Crippen molar-refractivity contribution in [2.75, 3.05) is 6.61 Å². The fourth-order valence-corrected chi connectivity index (χ4v) is 2.27. The van der Waals surface area contributed by atoms with E-state index in [1.807, 2.05) is 0 Å². The van der Waals surface area contributed by atoms with E-state index in [-0.39, 0.29) is 0 Å². The second kappa shape index (κ2) is 2.98. The normalized spacial score (nSPS) is 21.8. The molecule has 0 aromatic heterocycles. The molecule has 1 radical (unpaired) electrons. The van der Waals surface area contributed by atoms with Crippen molar-refractivity contribution in [2.45, 2.75) is 18.9 Å². The predicted octanol–water partition coefficient (Wildman–Crippen LogP) is 1.05. The van der Waals surface area contributed by atoms with Crippen LogP contribution < -0.4 is 0 Å². The first kappa shape index (κ1) is 6.76. The van der Waals surface area contributed by atoms with Gasteiger partial charge in [-0.1, -0.05) is 6.42 Å². The van der Waals surface area contributed by atoms with Crippen LogP contribution in [0.15, 0.2) is 0 Å². The van der Waals surface area contributed by atoms with Gasteiger partial charge in [-0.05, 0) is 12.5 Å². The van der Waals surface area contributed by atoms with Crippen LogP contribution in [0.25, 0.3) is 0 Å². The molecule has 1 heterocycles. The summed E-state index contributed by atoms with van der Waals surface area (Å²) in [6, 6.07) is 0.778. The smallest absolute Gasteiger partial charge is 0.347 e. The molecule has 4 heteroatoms. The minimum Gasteiger partial charge on any atom is -0.484 e. The van der Waals surface area contributed by atoms with Crippen LogP contribution in [0, 0.1) is 0 Å². The van der Waals surface area contributed by atoms with E-state index < -0.39 is 14.6 Å². The molecule has 1 aliphatic rings. The molecule has 0 aliphatic carbocycles. The minimum atomic E-state index is -1.45. The minimum absolute atomic E-state index is 0.653. The lowest BCUT2D eigenvalue weighted by Crippen LogP contribution is -2.31. The van der Waals surface area contributed by atoms with Gasteiger partial charge >= 0.3 is 14.6 Å². The Kier molecular flexibility index (Phi) is 2.24. The maximum absolute atomic E-state index is 10.3. The second-order valence-corrected chi connectivity index (χ2v) is 4.10. The highest BCUT2D eigenvalue weighted by Gasteiger charge is 2.25. The molecule has 1 N–H and O–H groups in total. The summed E-state index contributed by atoms with van der Waals surface area (Å²) >= 11 is 0. The standard InChI is InChI=1S/C5H9O3Si/c6-5(7)9-4-2-1-3-8-9/h1-4H2,(H,6,7). The molecule has 9 heavy (non-hydrogen) atoms. The zero-order valence-corrected chi connectivity index (χ0v) is 6.09. The Morgan fingerprint density at radius 1 is 1.56 bits per heavy atom. The molecule has 1 aliphatic heterocycles. The van der Waals surface area contributed by atoms with Crippen molar-refractivity contribution in [3.05, 3.63) is 0 Å². The summed E-state index contributed by atoms with van der Waals surface area (Å²) < 4.78 is 5.04. The van der Waals surface area contributed by atoms with E-state index in [9.17, 15) is 4.79 Å². The zero-order chi connectivity index (χ0) is 6.69. The fraction of sp³-hybridized carbons (Fsp3) is 0.800. The van der Waals surface area contributed by atoms with Crippen molar-refractivity contribution in [3.8, 4) is 0 Å². The Bertz CT molecular complexity index is 109. The first-order chi connectivity index (χ1) is 4.30. The summed E-state index contributed by atoms with van der Waals surface area (Å²) in [4.78, 5) is 10.3. The molecular formula is C5H9O3Si. The number of carboxylic acid groups (broad SMARTS) is 1. The lowest BCUT2D eigenvalue weighted by Gasteiger charge is -2.15. The Hall–Kier alpha value is -0.353. The van der Waals surface area contributed by atoms with E-state index in [2.05, 4.69) is 0 Å². The summed E-state index contributed by atoms with van der Waals surface area (Å²) in [5.74, 6) is 0. The molecule has 1 saturated heterocycles. The Labute approximate surface area is 55.4 Å². The van der Waals surface area contributed by atoms with Crippen LogP contribution >= 0.6 is 0 Å². The van der Waals surface area contributed by atoms with Crippen LogP contribution in [-0.4, -0.2) is 26.3 Å². The van der Waals surface area contributed by atoms with E-state index >= 15 is 0 Å². The van der Waals surface area contributed by atoms with E-state index in [0.29, 0.717) is 6.61 Å². The maximum Gasteiger partial charge on any atom is 0.347 e. The highest BCUT2D eigenvalue weighted by molar-refractivity contribution is 6.83. The van der Waals surface area contributed by atoms with Gasteiger partial charge in [-0.2, -0.15) is 0 Å². The van der Waals surface area contributed by atoms with Crippen LogP contribution in [-0.2, 0) is 4.43 Å². The Morgan fingerprint density at radius 2 is 2.33 bits per heavy atom. The number of hydrogen-bond acceptors (Lipinski definition) is 2. The number of rotatable bonds is 1. The highest BCUT2D eigenvalue weighted by atomic mass is 28.3. The molecule has 1 fully saturated rings. The summed E-state index contributed by atoms with van der Waals surface area (Å²) in [5.41, 5.74) is -0.722. The third-order valence-electron chi connectivity index (χ3n) is 1.31. The molecule has 1 rings (SSSR count). The Morgan fingerprint density at radius 3 is 2.67 bits per heavy atom. The van der Waals surface area contributed by atoms with Gasteiger partial charge in [0.1, 0.15) is 0 Å². The monoisotopic (exact) mass is 145 g/mol. The van der Waals surface area contributed by atoms with Gasteiger partial charge < -0.3 is 9.53 Å². The van der Waals surface area contributed by atoms with Crippen LogP contribution in [0.4, 0.5) is 4.79 Å². The van der Waals surface area contributed by atoms with E-state index in [1.54, 1.807) is 0 Å². The van der Waals surface area contributed by atoms with Crippen molar-refractivity contribution in [3.63, 3.8) is 0 Å². The van der Waals surface area contributed by atoms with Crippen LogP contribution in [0.3, 0.4) is 0 Å². The third kappa shape index (κ3) is 1.80. The van der Waals surface area contributed by atoms with Crippen LogP contribution in [0.5, 0.6) is 0 Å². The molecule has 0 amide bonds. The summed E-state index contributed by atoms with van der Waals surface area (Å²) in [7, 11) is -1.45. The largest absolute Gasteiger partial charge is 0.484 e. The molecule has 0 aromatic rings. The van der Waals surface area contributed by atoms with Crippen molar-refractivity contribution >= 4 is 14.6 Å². The first-order valence-corrected chi connectivity index (χ1v) is 4.64. The van der Waals surface area contributed by atoms with E-state index in [0.717, 1.165) is 18.9 Å². The zero-order valence-electron chi connectivity index (χ0n) is 5.09. The molecule has 0 bridgehead atoms. The quantitative estimate of drug-likeness (QED) is 0.561. The predicted molar refractivity (Wildman–Crippen MR) is 33.8 cm³/mol. The Balaban J connectivity index is 2.31. The van der Waals surface area contributed by atoms with Gasteiger partial charge in [0, 0.05) is 6.61 Å². The first-order valence-electron chi connectivity index (χ1n) is 3.02. The van der Waals surface area contributed by atoms with Gasteiger partial charge in [0.15, 0.2) is 0 Å². The lowest BCUT2D eigenvalue weighted by atomic mass is 10.4. The van der Waals surface area contributed by atoms with Gasteiger partial charge in [0.05, 0.1) is 0 Å². The average Bonchev–Trinajstić information content (AvgIpc) is 1.90. The fourth-order valence-electron chi connectivity index (χ4n) is 0.824. The van der Waals surface area contributed by atoms with E-state index in [1.165, 1.54) is 0 Å². The molecule has 0 saturated carbocycles. The van der Waals surface area contributed by atoms with Crippen LogP contribution in [0.1, 0.15) is 12.8 Å². The van der Waals surface area contributed by atoms with Crippen molar-refractivity contribution in [1.82, 2.24) is 0 Å². The number of hydrogen-bond donors (Lipinski definition) is 1. The van der Waals surface area contributed by atoms with Gasteiger partial charge in [-0.15, -0.1) is 0 Å². The summed E-state index contributed by atoms with van der Waals surface area (Å²) in [6.45, 7) is 0.653.